The van der Waals surface area contributed by atoms with E-state index in [-0.39, 0.29) is 17.7 Å². The Morgan fingerprint density at radius 3 is 2.63 bits per heavy atom. The molecule has 1 saturated carbocycles. The van der Waals surface area contributed by atoms with Crippen molar-refractivity contribution < 1.29 is 5.11 Å². The van der Waals surface area contributed by atoms with Crippen LogP contribution in [0.15, 0.2) is 53.8 Å². The molecule has 1 aromatic carbocycles. The van der Waals surface area contributed by atoms with Crippen molar-refractivity contribution in [2.24, 2.45) is 7.05 Å². The van der Waals surface area contributed by atoms with Crippen LogP contribution in [0.2, 0.25) is 5.02 Å². The number of aliphatic hydroxyl groups is 1. The van der Waals surface area contributed by atoms with Gasteiger partial charge in [0.1, 0.15) is 11.2 Å². The molecule has 2 atom stereocenters. The summed E-state index contributed by atoms with van der Waals surface area (Å²) >= 11 is 6.04. The summed E-state index contributed by atoms with van der Waals surface area (Å²) in [6, 6.07) is 9.10. The van der Waals surface area contributed by atoms with Crippen molar-refractivity contribution in [3.63, 3.8) is 0 Å². The third-order valence-electron chi connectivity index (χ3n) is 5.66. The van der Waals surface area contributed by atoms with E-state index in [1.54, 1.807) is 40.0 Å². The van der Waals surface area contributed by atoms with Crippen LogP contribution in [0.3, 0.4) is 0 Å². The number of hydrogen-bond donors (Lipinski definition) is 1. The molecule has 1 aliphatic rings. The monoisotopic (exact) mass is 421 g/mol. The van der Waals surface area contributed by atoms with Crippen LogP contribution in [0, 0.1) is 0 Å². The summed E-state index contributed by atoms with van der Waals surface area (Å²) in [7, 11) is 1.83. The second-order valence-electron chi connectivity index (χ2n) is 7.74. The first-order valence-corrected chi connectivity index (χ1v) is 10.2. The van der Waals surface area contributed by atoms with Gasteiger partial charge in [0.15, 0.2) is 0 Å². The molecule has 0 unspecified atom stereocenters. The van der Waals surface area contributed by atoms with E-state index in [1.807, 2.05) is 25.4 Å². The largest absolute Gasteiger partial charge is 0.393 e. The summed E-state index contributed by atoms with van der Waals surface area (Å²) in [5, 5.41) is 15.3. The Morgan fingerprint density at radius 1 is 1.17 bits per heavy atom. The molecule has 0 saturated heterocycles. The van der Waals surface area contributed by atoms with Gasteiger partial charge in [-0.2, -0.15) is 5.10 Å². The fourth-order valence-corrected chi connectivity index (χ4v) is 4.23. The minimum atomic E-state index is -0.370. The van der Waals surface area contributed by atoms with Gasteiger partial charge in [0.25, 0.3) is 5.56 Å². The summed E-state index contributed by atoms with van der Waals surface area (Å²) in [5.74, 6) is 0. The lowest BCUT2D eigenvalue weighted by Crippen LogP contribution is -2.24. The summed E-state index contributed by atoms with van der Waals surface area (Å²) in [5.41, 5.74) is 3.35. The molecule has 0 amide bonds. The highest BCUT2D eigenvalue weighted by molar-refractivity contribution is 6.30. The molecule has 7 nitrogen and oxygen atoms in total. The molecule has 0 radical (unpaired) electrons. The molecule has 1 aliphatic carbocycles. The number of pyridine rings is 1. The van der Waals surface area contributed by atoms with Gasteiger partial charge in [-0.1, -0.05) is 23.7 Å². The van der Waals surface area contributed by atoms with E-state index in [0.717, 1.165) is 17.5 Å². The zero-order chi connectivity index (χ0) is 20.8. The summed E-state index contributed by atoms with van der Waals surface area (Å²) in [4.78, 5) is 22.8. The molecule has 3 aromatic heterocycles. The van der Waals surface area contributed by atoms with Crippen molar-refractivity contribution in [3.05, 3.63) is 64.4 Å². The third-order valence-corrected chi connectivity index (χ3v) is 5.91. The lowest BCUT2D eigenvalue weighted by molar-refractivity contribution is 0.177. The summed E-state index contributed by atoms with van der Waals surface area (Å²) < 4.78 is 3.34. The molecule has 0 spiro atoms. The molecule has 4 aromatic rings. The molecular weight excluding hydrogens is 402 g/mol. The van der Waals surface area contributed by atoms with E-state index in [9.17, 15) is 9.90 Å². The molecule has 0 aliphatic heterocycles. The summed E-state index contributed by atoms with van der Waals surface area (Å²) in [6.45, 7) is 0. The minimum Gasteiger partial charge on any atom is -0.393 e. The Morgan fingerprint density at radius 2 is 1.97 bits per heavy atom. The maximum absolute atomic E-state index is 13.4. The number of benzene rings is 1. The molecular formula is C22H20ClN5O2. The Bertz CT molecular complexity index is 1300. The van der Waals surface area contributed by atoms with Crippen LogP contribution in [-0.2, 0) is 7.05 Å². The van der Waals surface area contributed by atoms with Crippen LogP contribution in [0.5, 0.6) is 0 Å². The number of halogens is 1. The zero-order valence-corrected chi connectivity index (χ0v) is 17.1. The quantitative estimate of drug-likeness (QED) is 0.546. The molecule has 152 valence electrons. The zero-order valence-electron chi connectivity index (χ0n) is 16.4. The van der Waals surface area contributed by atoms with Crippen molar-refractivity contribution in [2.45, 2.75) is 31.4 Å². The van der Waals surface area contributed by atoms with Gasteiger partial charge in [-0.05, 0) is 37.5 Å². The van der Waals surface area contributed by atoms with Crippen molar-refractivity contribution >= 4 is 22.5 Å². The van der Waals surface area contributed by atoms with Gasteiger partial charge in [-0.3, -0.25) is 14.0 Å². The highest BCUT2D eigenvalue weighted by atomic mass is 35.5. The number of hydrogen-bond acceptors (Lipinski definition) is 5. The van der Waals surface area contributed by atoms with Gasteiger partial charge < -0.3 is 5.11 Å². The van der Waals surface area contributed by atoms with Crippen molar-refractivity contribution in [1.82, 2.24) is 24.3 Å². The first-order valence-electron chi connectivity index (χ1n) is 9.84. The summed E-state index contributed by atoms with van der Waals surface area (Å²) in [6.07, 6.45) is 6.81. The van der Waals surface area contributed by atoms with Gasteiger partial charge in [0, 0.05) is 35.4 Å². The Labute approximate surface area is 177 Å². The number of aliphatic hydroxyl groups excluding tert-OH is 1. The lowest BCUT2D eigenvalue weighted by Gasteiger charge is -2.15. The molecule has 5 rings (SSSR count). The van der Waals surface area contributed by atoms with E-state index in [4.69, 9.17) is 16.6 Å². The van der Waals surface area contributed by atoms with E-state index >= 15 is 0 Å². The van der Waals surface area contributed by atoms with Crippen molar-refractivity contribution in [2.75, 3.05) is 0 Å². The van der Waals surface area contributed by atoms with Crippen LogP contribution in [0.25, 0.3) is 33.4 Å². The molecule has 8 heteroatoms. The smallest absolute Gasteiger partial charge is 0.261 e. The minimum absolute atomic E-state index is 0.0432. The number of aromatic nitrogens is 5. The second kappa shape index (κ2) is 7.34. The van der Waals surface area contributed by atoms with Crippen LogP contribution < -0.4 is 5.56 Å². The molecule has 30 heavy (non-hydrogen) atoms. The number of fused-ring (bicyclic) bond motifs is 1. The Balaban J connectivity index is 1.75. The normalized spacial score (nSPS) is 18.9. The molecule has 1 fully saturated rings. The fraction of sp³-hybridized carbons (Fsp3) is 0.273. The van der Waals surface area contributed by atoms with E-state index in [0.29, 0.717) is 40.2 Å². The van der Waals surface area contributed by atoms with Crippen LogP contribution in [0.4, 0.5) is 0 Å². The average Bonchev–Trinajstić information content (AvgIpc) is 3.36. The average molecular weight is 422 g/mol. The SMILES string of the molecule is Cn1cc(-c2nc(-c3ccc(Cl)cc3)cc3c(=O)n([C@H]4CC[C@@H](O)C4)cnc23)cn1. The Hall–Kier alpha value is -3.03. The Kier molecular flexibility index (Phi) is 4.64. The molecule has 3 heterocycles. The fourth-order valence-electron chi connectivity index (χ4n) is 4.10. The molecule has 1 N–H and O–H groups in total. The van der Waals surface area contributed by atoms with Crippen LogP contribution in [0.1, 0.15) is 25.3 Å². The highest BCUT2D eigenvalue weighted by Gasteiger charge is 2.26. The standard InChI is InChI=1S/C22H20ClN5O2/c1-27-11-14(10-25-27)20-21-18(9-19(26-20)13-2-4-15(23)5-3-13)22(30)28(12-24-21)16-6-7-17(29)8-16/h2-5,9-12,16-17,29H,6-8H2,1H3/t16-,17+/m0/s1. The lowest BCUT2D eigenvalue weighted by atomic mass is 10.1. The number of nitrogens with zero attached hydrogens (tertiary/aromatic N) is 5. The van der Waals surface area contributed by atoms with E-state index in [2.05, 4.69) is 10.1 Å². The van der Waals surface area contributed by atoms with Gasteiger partial charge in [0.2, 0.25) is 0 Å². The van der Waals surface area contributed by atoms with E-state index in [1.165, 1.54) is 0 Å². The van der Waals surface area contributed by atoms with Crippen molar-refractivity contribution in [1.29, 1.82) is 0 Å². The first-order chi connectivity index (χ1) is 14.5. The van der Waals surface area contributed by atoms with Gasteiger partial charge in [0.05, 0.1) is 29.7 Å². The molecule has 0 bridgehead atoms. The first kappa shape index (κ1) is 19.0. The van der Waals surface area contributed by atoms with Crippen molar-refractivity contribution in [3.8, 4) is 22.5 Å². The van der Waals surface area contributed by atoms with Gasteiger partial charge >= 0.3 is 0 Å². The number of rotatable bonds is 3. The van der Waals surface area contributed by atoms with Crippen LogP contribution >= 0.6 is 11.6 Å². The maximum Gasteiger partial charge on any atom is 0.261 e. The third kappa shape index (κ3) is 3.30. The van der Waals surface area contributed by atoms with Gasteiger partial charge in [-0.15, -0.1) is 0 Å². The van der Waals surface area contributed by atoms with Crippen LogP contribution in [-0.4, -0.2) is 35.5 Å². The number of aryl methyl sites for hydroxylation is 1. The topological polar surface area (TPSA) is 85.8 Å². The van der Waals surface area contributed by atoms with Gasteiger partial charge in [-0.25, -0.2) is 9.97 Å². The highest BCUT2D eigenvalue weighted by Crippen LogP contribution is 2.31. The maximum atomic E-state index is 13.4. The predicted molar refractivity (Wildman–Crippen MR) is 115 cm³/mol. The second-order valence-corrected chi connectivity index (χ2v) is 8.18. The van der Waals surface area contributed by atoms with E-state index < -0.39 is 0 Å². The predicted octanol–water partition coefficient (Wildman–Crippen LogP) is 3.60.